The molecule has 0 aromatic heterocycles. The molecule has 0 radical (unpaired) electrons. The highest BCUT2D eigenvalue weighted by atomic mass is 15.5. The molecule has 0 bridgehead atoms. The van der Waals surface area contributed by atoms with Crippen LogP contribution in [0.4, 0.5) is 0 Å². The van der Waals surface area contributed by atoms with Gasteiger partial charge in [0.2, 0.25) is 0 Å². The fraction of sp³-hybridized carbons (Fsp3) is 0.800. The van der Waals surface area contributed by atoms with Crippen LogP contribution in [0.3, 0.4) is 0 Å². The lowest BCUT2D eigenvalue weighted by Gasteiger charge is -2.40. The Morgan fingerprint density at radius 1 is 1.30 bits per heavy atom. The van der Waals surface area contributed by atoms with Crippen molar-refractivity contribution in [2.75, 3.05) is 13.2 Å². The van der Waals surface area contributed by atoms with Crippen LogP contribution >= 0.6 is 0 Å². The molecule has 5 nitrogen and oxygen atoms in total. The molecular weight excluding hydrogens is 250 g/mol. The number of hydrogen-bond acceptors (Lipinski definition) is 5. The molecule has 0 aromatic carbocycles. The van der Waals surface area contributed by atoms with Gasteiger partial charge in [-0.25, -0.2) is 5.43 Å². The van der Waals surface area contributed by atoms with E-state index in [1.54, 1.807) is 0 Å². The smallest absolute Gasteiger partial charge is 0.0784 e. The van der Waals surface area contributed by atoms with Crippen LogP contribution in [0, 0.1) is 28.6 Å². The Morgan fingerprint density at radius 2 is 2.20 bits per heavy atom. The number of hydrazine groups is 1. The van der Waals surface area contributed by atoms with E-state index in [9.17, 15) is 5.26 Å². The summed E-state index contributed by atoms with van der Waals surface area (Å²) in [6.45, 7) is 1.88. The third kappa shape index (κ3) is 1.99. The van der Waals surface area contributed by atoms with Gasteiger partial charge in [0.1, 0.15) is 0 Å². The maximum absolute atomic E-state index is 9.42. The minimum atomic E-state index is -0.0723. The lowest BCUT2D eigenvalue weighted by atomic mass is 9.76. The third-order valence-electron chi connectivity index (χ3n) is 5.58. The van der Waals surface area contributed by atoms with Crippen molar-refractivity contribution >= 4 is 0 Å². The summed E-state index contributed by atoms with van der Waals surface area (Å²) in [4.78, 5) is 0. The van der Waals surface area contributed by atoms with Crippen LogP contribution in [0.1, 0.15) is 32.1 Å². The second kappa shape index (κ2) is 4.81. The highest BCUT2D eigenvalue weighted by molar-refractivity contribution is 5.33. The molecule has 2 heterocycles. The lowest BCUT2D eigenvalue weighted by Crippen LogP contribution is -2.61. The molecule has 5 heteroatoms. The van der Waals surface area contributed by atoms with Gasteiger partial charge in [0.05, 0.1) is 17.6 Å². The van der Waals surface area contributed by atoms with Crippen LogP contribution < -0.4 is 21.5 Å². The highest BCUT2D eigenvalue weighted by Gasteiger charge is 2.48. The average Bonchev–Trinajstić information content (AvgIpc) is 3.16. The lowest BCUT2D eigenvalue weighted by molar-refractivity contribution is 0.187. The van der Waals surface area contributed by atoms with E-state index in [1.165, 1.54) is 18.4 Å². The Bertz CT molecular complexity index is 461. The van der Waals surface area contributed by atoms with E-state index in [2.05, 4.69) is 33.6 Å². The Kier molecular flexibility index (Phi) is 3.08. The largest absolute Gasteiger partial charge is 0.301 e. The first-order chi connectivity index (χ1) is 9.82. The molecular formula is C15H23N5. The number of nitriles is 1. The second-order valence-corrected chi connectivity index (χ2v) is 6.72. The molecule has 2 aliphatic carbocycles. The standard InChI is InChI=1S/C15H23N5/c16-8-15(4-5-15)11-3-1-2-10(6-11)13-12-7-19-20-14(12)18-9-17-13/h6,10,12-14,17-20H,1-5,7,9H2. The average molecular weight is 273 g/mol. The van der Waals surface area contributed by atoms with Crippen molar-refractivity contribution in [3.8, 4) is 6.07 Å². The highest BCUT2D eigenvalue weighted by Crippen LogP contribution is 2.54. The molecule has 0 spiro atoms. The van der Waals surface area contributed by atoms with Gasteiger partial charge in [-0.15, -0.1) is 0 Å². The summed E-state index contributed by atoms with van der Waals surface area (Å²) < 4.78 is 0. The molecule has 2 aliphatic heterocycles. The quantitative estimate of drug-likeness (QED) is 0.554. The SMILES string of the molecule is N#CC1(C2=CC(C3NCNC4NNCC43)CCC2)CC1. The monoisotopic (exact) mass is 273 g/mol. The summed E-state index contributed by atoms with van der Waals surface area (Å²) in [5.74, 6) is 1.17. The fourth-order valence-corrected chi connectivity index (χ4v) is 4.22. The van der Waals surface area contributed by atoms with Crippen LogP contribution in [0.15, 0.2) is 11.6 Å². The number of rotatable bonds is 2. The fourth-order valence-electron chi connectivity index (χ4n) is 4.22. The van der Waals surface area contributed by atoms with Crippen LogP contribution in [0.5, 0.6) is 0 Å². The minimum absolute atomic E-state index is 0.0723. The van der Waals surface area contributed by atoms with Crippen LogP contribution in [0.2, 0.25) is 0 Å². The number of nitrogens with one attached hydrogen (secondary N) is 4. The van der Waals surface area contributed by atoms with Gasteiger partial charge < -0.3 is 5.32 Å². The number of allylic oxidation sites excluding steroid dienone is 1. The Labute approximate surface area is 120 Å². The van der Waals surface area contributed by atoms with Crippen molar-refractivity contribution in [1.29, 1.82) is 5.26 Å². The van der Waals surface area contributed by atoms with Gasteiger partial charge >= 0.3 is 0 Å². The van der Waals surface area contributed by atoms with Crippen LogP contribution in [-0.2, 0) is 0 Å². The van der Waals surface area contributed by atoms with E-state index in [-0.39, 0.29) is 5.41 Å². The van der Waals surface area contributed by atoms with Gasteiger partial charge in [-0.05, 0) is 38.0 Å². The van der Waals surface area contributed by atoms with Gasteiger partial charge in [0, 0.05) is 25.2 Å². The molecule has 108 valence electrons. The van der Waals surface area contributed by atoms with Crippen LogP contribution in [-0.4, -0.2) is 25.4 Å². The Balaban J connectivity index is 1.56. The van der Waals surface area contributed by atoms with E-state index in [0.717, 1.165) is 32.5 Å². The number of nitrogens with zero attached hydrogens (tertiary/aromatic N) is 1. The van der Waals surface area contributed by atoms with E-state index in [4.69, 9.17) is 0 Å². The van der Waals surface area contributed by atoms with Crippen molar-refractivity contribution in [3.63, 3.8) is 0 Å². The first-order valence-electron chi connectivity index (χ1n) is 7.90. The number of hydrogen-bond donors (Lipinski definition) is 4. The minimum Gasteiger partial charge on any atom is -0.301 e. The van der Waals surface area contributed by atoms with E-state index >= 15 is 0 Å². The molecule has 0 amide bonds. The normalized spacial score (nSPS) is 42.5. The molecule has 0 aromatic rings. The summed E-state index contributed by atoms with van der Waals surface area (Å²) in [6, 6.07) is 3.09. The number of fused-ring (bicyclic) bond motifs is 1. The van der Waals surface area contributed by atoms with Crippen molar-refractivity contribution in [2.45, 2.75) is 44.3 Å². The topological polar surface area (TPSA) is 71.9 Å². The molecule has 4 rings (SSSR count). The summed E-state index contributed by atoms with van der Waals surface area (Å²) in [7, 11) is 0. The maximum atomic E-state index is 9.42. The Hall–Kier alpha value is -0.930. The second-order valence-electron chi connectivity index (χ2n) is 6.72. The molecule has 4 aliphatic rings. The molecule has 3 fully saturated rings. The van der Waals surface area contributed by atoms with E-state index in [0.29, 0.717) is 24.0 Å². The first-order valence-corrected chi connectivity index (χ1v) is 7.90. The molecule has 2 saturated heterocycles. The van der Waals surface area contributed by atoms with Crippen molar-refractivity contribution in [2.24, 2.45) is 17.3 Å². The predicted octanol–water partition coefficient (Wildman–Crippen LogP) is 0.586. The third-order valence-corrected chi connectivity index (χ3v) is 5.58. The molecule has 20 heavy (non-hydrogen) atoms. The van der Waals surface area contributed by atoms with Gasteiger partial charge in [0.25, 0.3) is 0 Å². The molecule has 4 unspecified atom stereocenters. The van der Waals surface area contributed by atoms with Gasteiger partial charge in [-0.2, -0.15) is 5.26 Å². The summed E-state index contributed by atoms with van der Waals surface area (Å²) in [6.07, 6.45) is 8.63. The maximum Gasteiger partial charge on any atom is 0.0784 e. The van der Waals surface area contributed by atoms with E-state index < -0.39 is 0 Å². The van der Waals surface area contributed by atoms with Gasteiger partial charge in [0.15, 0.2) is 0 Å². The molecule has 1 saturated carbocycles. The predicted molar refractivity (Wildman–Crippen MR) is 76.0 cm³/mol. The Morgan fingerprint density at radius 3 is 3.00 bits per heavy atom. The summed E-state index contributed by atoms with van der Waals surface area (Å²) in [5.41, 5.74) is 7.96. The van der Waals surface area contributed by atoms with Gasteiger partial charge in [-0.3, -0.25) is 10.7 Å². The summed E-state index contributed by atoms with van der Waals surface area (Å²) in [5, 5.41) is 16.5. The van der Waals surface area contributed by atoms with Crippen molar-refractivity contribution in [3.05, 3.63) is 11.6 Å². The van der Waals surface area contributed by atoms with Crippen molar-refractivity contribution < 1.29 is 0 Å². The molecule has 4 N–H and O–H groups in total. The zero-order valence-corrected chi connectivity index (χ0v) is 11.8. The van der Waals surface area contributed by atoms with Crippen molar-refractivity contribution in [1.82, 2.24) is 21.5 Å². The van der Waals surface area contributed by atoms with Gasteiger partial charge in [-0.1, -0.05) is 11.6 Å². The zero-order valence-electron chi connectivity index (χ0n) is 11.8. The summed E-state index contributed by atoms with van der Waals surface area (Å²) >= 11 is 0. The first kappa shape index (κ1) is 12.8. The van der Waals surface area contributed by atoms with Crippen LogP contribution in [0.25, 0.3) is 0 Å². The van der Waals surface area contributed by atoms with E-state index in [1.807, 2.05) is 0 Å². The molecule has 4 atom stereocenters. The zero-order chi connectivity index (χ0) is 13.6.